The van der Waals surface area contributed by atoms with Crippen molar-refractivity contribution in [2.75, 3.05) is 12.8 Å². The van der Waals surface area contributed by atoms with Crippen LogP contribution in [-0.4, -0.2) is 29.0 Å². The molecule has 0 spiro atoms. The first-order valence-electron chi connectivity index (χ1n) is 8.08. The van der Waals surface area contributed by atoms with Crippen LogP contribution in [0.25, 0.3) is 0 Å². The molecule has 2 N–H and O–H groups in total. The first-order valence-corrected chi connectivity index (χ1v) is 8.84. The number of methoxy groups -OCH3 is 1. The molecule has 0 aliphatic rings. The van der Waals surface area contributed by atoms with E-state index in [-0.39, 0.29) is 22.3 Å². The maximum Gasteiger partial charge on any atom is 0.345 e. The Morgan fingerprint density at radius 3 is 2.64 bits per heavy atom. The van der Waals surface area contributed by atoms with Gasteiger partial charge < -0.3 is 15.2 Å². The van der Waals surface area contributed by atoms with Crippen molar-refractivity contribution in [2.24, 2.45) is 5.10 Å². The monoisotopic (exact) mass is 418 g/mol. The number of nitrogen functional groups attached to an aromatic ring is 1. The number of aromatic nitrogens is 2. The lowest BCUT2D eigenvalue weighted by molar-refractivity contribution is 0.0730. The Labute approximate surface area is 171 Å². The minimum atomic E-state index is -0.622. The van der Waals surface area contributed by atoms with Crippen LogP contribution in [-0.2, 0) is 0 Å². The standard InChI is InChI=1S/C19H16Cl2N4O3/c1-11-10-25(19(22)24-11)23-9-12-3-6-16(17(7-12)27-2)28-18(26)14-5-4-13(20)8-15(14)21/h3-10H,1-2H3,(H2,22,24). The lowest BCUT2D eigenvalue weighted by atomic mass is 10.2. The number of benzene rings is 2. The van der Waals surface area contributed by atoms with Gasteiger partial charge >= 0.3 is 5.97 Å². The number of halogens is 2. The highest BCUT2D eigenvalue weighted by Crippen LogP contribution is 2.30. The Kier molecular flexibility index (Phi) is 5.87. The van der Waals surface area contributed by atoms with Crippen molar-refractivity contribution in [3.63, 3.8) is 0 Å². The topological polar surface area (TPSA) is 91.7 Å². The molecule has 28 heavy (non-hydrogen) atoms. The Hall–Kier alpha value is -3.03. The molecule has 0 aliphatic carbocycles. The number of carbonyl (C=O) groups excluding carboxylic acids is 1. The lowest BCUT2D eigenvalue weighted by Gasteiger charge is -2.10. The Bertz CT molecular complexity index is 1060. The molecule has 0 bridgehead atoms. The van der Waals surface area contributed by atoms with Gasteiger partial charge in [0.25, 0.3) is 0 Å². The fourth-order valence-corrected chi connectivity index (χ4v) is 2.87. The van der Waals surface area contributed by atoms with Gasteiger partial charge in [0.1, 0.15) is 0 Å². The molecule has 0 saturated carbocycles. The van der Waals surface area contributed by atoms with E-state index in [9.17, 15) is 4.79 Å². The molecule has 0 unspecified atom stereocenters. The van der Waals surface area contributed by atoms with Crippen LogP contribution in [0.15, 0.2) is 47.7 Å². The number of imidazole rings is 1. The third-order valence-electron chi connectivity index (χ3n) is 3.71. The molecular weight excluding hydrogens is 403 g/mol. The molecular formula is C19H16Cl2N4O3. The van der Waals surface area contributed by atoms with Crippen LogP contribution < -0.4 is 15.2 Å². The quantitative estimate of drug-likeness (QED) is 0.380. The normalized spacial score (nSPS) is 11.0. The minimum Gasteiger partial charge on any atom is -0.493 e. The van der Waals surface area contributed by atoms with E-state index in [1.54, 1.807) is 36.7 Å². The fourth-order valence-electron chi connectivity index (χ4n) is 2.38. The van der Waals surface area contributed by atoms with Gasteiger partial charge in [-0.2, -0.15) is 5.10 Å². The van der Waals surface area contributed by atoms with Crippen molar-refractivity contribution in [1.29, 1.82) is 0 Å². The summed E-state index contributed by atoms with van der Waals surface area (Å²) in [6, 6.07) is 9.53. The molecule has 1 heterocycles. The van der Waals surface area contributed by atoms with Gasteiger partial charge in [-0.15, -0.1) is 0 Å². The number of anilines is 1. The molecule has 9 heteroatoms. The minimum absolute atomic E-state index is 0.199. The zero-order valence-electron chi connectivity index (χ0n) is 15.0. The Morgan fingerprint density at radius 2 is 2.00 bits per heavy atom. The predicted molar refractivity (Wildman–Crippen MR) is 109 cm³/mol. The van der Waals surface area contributed by atoms with Crippen molar-refractivity contribution in [1.82, 2.24) is 9.66 Å². The third-order valence-corrected chi connectivity index (χ3v) is 4.26. The summed E-state index contributed by atoms with van der Waals surface area (Å²) >= 11 is 11.9. The second-order valence-corrected chi connectivity index (χ2v) is 6.60. The summed E-state index contributed by atoms with van der Waals surface area (Å²) in [6.45, 7) is 1.82. The van der Waals surface area contributed by atoms with E-state index in [0.29, 0.717) is 16.3 Å². The predicted octanol–water partition coefficient (Wildman–Crippen LogP) is 4.19. The zero-order chi connectivity index (χ0) is 20.3. The highest BCUT2D eigenvalue weighted by Gasteiger charge is 2.16. The van der Waals surface area contributed by atoms with Crippen LogP contribution in [0.3, 0.4) is 0 Å². The van der Waals surface area contributed by atoms with Gasteiger partial charge in [-0.1, -0.05) is 23.2 Å². The van der Waals surface area contributed by atoms with Crippen molar-refractivity contribution in [2.45, 2.75) is 6.92 Å². The number of nitrogens with zero attached hydrogens (tertiary/aromatic N) is 3. The Morgan fingerprint density at radius 1 is 1.21 bits per heavy atom. The highest BCUT2D eigenvalue weighted by atomic mass is 35.5. The van der Waals surface area contributed by atoms with E-state index in [4.69, 9.17) is 38.4 Å². The molecule has 0 atom stereocenters. The van der Waals surface area contributed by atoms with Crippen LogP contribution in [0.4, 0.5) is 5.95 Å². The van der Waals surface area contributed by atoms with E-state index in [2.05, 4.69) is 10.1 Å². The molecule has 0 saturated heterocycles. The van der Waals surface area contributed by atoms with Crippen molar-refractivity contribution < 1.29 is 14.3 Å². The van der Waals surface area contributed by atoms with Crippen LogP contribution in [0.5, 0.6) is 11.5 Å². The van der Waals surface area contributed by atoms with Gasteiger partial charge in [-0.05, 0) is 48.9 Å². The summed E-state index contributed by atoms with van der Waals surface area (Å²) in [7, 11) is 1.47. The van der Waals surface area contributed by atoms with E-state index in [1.807, 2.05) is 6.92 Å². The maximum atomic E-state index is 12.4. The van der Waals surface area contributed by atoms with Crippen molar-refractivity contribution in [3.05, 3.63) is 69.5 Å². The van der Waals surface area contributed by atoms with Gasteiger partial charge in [-0.3, -0.25) is 0 Å². The fraction of sp³-hybridized carbons (Fsp3) is 0.105. The molecule has 0 fully saturated rings. The van der Waals surface area contributed by atoms with E-state index in [1.165, 1.54) is 23.9 Å². The molecule has 0 aliphatic heterocycles. The Balaban J connectivity index is 1.81. The summed E-state index contributed by atoms with van der Waals surface area (Å²) in [4.78, 5) is 16.5. The van der Waals surface area contributed by atoms with Crippen molar-refractivity contribution >= 4 is 41.3 Å². The molecule has 7 nitrogen and oxygen atoms in total. The molecule has 3 rings (SSSR count). The average molecular weight is 419 g/mol. The van der Waals surface area contributed by atoms with Gasteiger partial charge in [0.15, 0.2) is 11.5 Å². The largest absolute Gasteiger partial charge is 0.493 e. The SMILES string of the molecule is COc1cc(C=Nn2cc(C)nc2N)ccc1OC(=O)c1ccc(Cl)cc1Cl. The number of esters is 1. The number of rotatable bonds is 5. The van der Waals surface area contributed by atoms with Gasteiger partial charge in [0, 0.05) is 5.02 Å². The second-order valence-electron chi connectivity index (χ2n) is 5.75. The molecule has 144 valence electrons. The second kappa shape index (κ2) is 8.33. The number of carbonyl (C=O) groups is 1. The summed E-state index contributed by atoms with van der Waals surface area (Å²) in [6.07, 6.45) is 3.29. The van der Waals surface area contributed by atoms with Crippen LogP contribution in [0, 0.1) is 6.92 Å². The molecule has 3 aromatic rings. The number of ether oxygens (including phenoxy) is 2. The number of nitrogens with two attached hydrogens (primary N) is 1. The summed E-state index contributed by atoms with van der Waals surface area (Å²) < 4.78 is 12.2. The van der Waals surface area contributed by atoms with Crippen LogP contribution >= 0.6 is 23.2 Å². The first-order chi connectivity index (χ1) is 13.4. The summed E-state index contributed by atoms with van der Waals surface area (Å²) in [5, 5.41) is 4.87. The number of aryl methyl sites for hydroxylation is 1. The number of hydrogen-bond acceptors (Lipinski definition) is 6. The maximum absolute atomic E-state index is 12.4. The van der Waals surface area contributed by atoms with E-state index >= 15 is 0 Å². The summed E-state index contributed by atoms with van der Waals surface area (Å²) in [5.74, 6) is 0.264. The molecule has 0 amide bonds. The molecule has 2 aromatic carbocycles. The summed E-state index contributed by atoms with van der Waals surface area (Å²) in [5.41, 5.74) is 7.43. The number of hydrogen-bond donors (Lipinski definition) is 1. The smallest absolute Gasteiger partial charge is 0.345 e. The molecule has 0 radical (unpaired) electrons. The molecule has 1 aromatic heterocycles. The van der Waals surface area contributed by atoms with Crippen LogP contribution in [0.1, 0.15) is 21.6 Å². The lowest BCUT2D eigenvalue weighted by Crippen LogP contribution is -2.10. The van der Waals surface area contributed by atoms with Crippen LogP contribution in [0.2, 0.25) is 10.0 Å². The highest BCUT2D eigenvalue weighted by molar-refractivity contribution is 6.36. The van der Waals surface area contributed by atoms with Gasteiger partial charge in [0.05, 0.1) is 35.8 Å². The van der Waals surface area contributed by atoms with E-state index in [0.717, 1.165) is 5.69 Å². The average Bonchev–Trinajstić information content (AvgIpc) is 2.97. The van der Waals surface area contributed by atoms with Gasteiger partial charge in [0.2, 0.25) is 5.95 Å². The van der Waals surface area contributed by atoms with E-state index < -0.39 is 5.97 Å². The third kappa shape index (κ3) is 4.44. The van der Waals surface area contributed by atoms with Crippen molar-refractivity contribution in [3.8, 4) is 11.5 Å². The van der Waals surface area contributed by atoms with Gasteiger partial charge in [-0.25, -0.2) is 14.5 Å². The first kappa shape index (κ1) is 19.7. The zero-order valence-corrected chi connectivity index (χ0v) is 16.5.